The van der Waals surface area contributed by atoms with Crippen LogP contribution >= 0.6 is 23.5 Å². The first kappa shape index (κ1) is 19.5. The number of rotatable bonds is 9. The fourth-order valence-electron chi connectivity index (χ4n) is 3.27. The molecule has 26 heavy (non-hydrogen) atoms. The fraction of sp³-hybridized carbons (Fsp3) is 0.273. The summed E-state index contributed by atoms with van der Waals surface area (Å²) in [6.07, 6.45) is 4.64. The molecule has 2 heterocycles. The van der Waals surface area contributed by atoms with E-state index in [4.69, 9.17) is 0 Å². The SMILES string of the molecule is C=CC([Te][Te]C(C=C)(c1ccccc1)C1CS1)(c1ccccc1)C1CS1. The average molecular weight is 606 g/mol. The van der Waals surface area contributed by atoms with Gasteiger partial charge in [0.2, 0.25) is 0 Å². The third kappa shape index (κ3) is 3.72. The Hall–Kier alpha value is 0.199. The average Bonchev–Trinajstić information content (AvgIpc) is 3.60. The van der Waals surface area contributed by atoms with Crippen molar-refractivity contribution in [1.82, 2.24) is 0 Å². The van der Waals surface area contributed by atoms with E-state index in [1.165, 1.54) is 22.6 Å². The summed E-state index contributed by atoms with van der Waals surface area (Å²) in [5.41, 5.74) is 3.01. The van der Waals surface area contributed by atoms with Crippen molar-refractivity contribution in [3.8, 4) is 0 Å². The van der Waals surface area contributed by atoms with Gasteiger partial charge in [0.15, 0.2) is 0 Å². The molecule has 2 aliphatic rings. The van der Waals surface area contributed by atoms with Crippen LogP contribution in [0.5, 0.6) is 0 Å². The van der Waals surface area contributed by atoms with Gasteiger partial charge in [-0.2, -0.15) is 0 Å². The Kier molecular flexibility index (Phi) is 6.22. The summed E-state index contributed by atoms with van der Waals surface area (Å²) >= 11 is 3.81. The Labute approximate surface area is 182 Å². The zero-order chi connectivity index (χ0) is 18.0. The van der Waals surface area contributed by atoms with Crippen LogP contribution in [0.1, 0.15) is 11.1 Å². The molecule has 4 rings (SSSR count). The summed E-state index contributed by atoms with van der Waals surface area (Å²) in [5, 5.41) is 1.50. The van der Waals surface area contributed by atoms with Crippen LogP contribution in [0.2, 0.25) is 0 Å². The quantitative estimate of drug-likeness (QED) is 0.231. The van der Waals surface area contributed by atoms with Gasteiger partial charge in [-0.25, -0.2) is 0 Å². The Morgan fingerprint density at radius 2 is 1.08 bits per heavy atom. The number of allylic oxidation sites excluding steroid dienone is 2. The molecule has 4 heteroatoms. The molecule has 0 aliphatic carbocycles. The van der Waals surface area contributed by atoms with Crippen LogP contribution in [0.3, 0.4) is 0 Å². The number of thioether (sulfide) groups is 2. The molecule has 2 aromatic carbocycles. The molecule has 2 fully saturated rings. The number of hydrogen-bond acceptors (Lipinski definition) is 2. The monoisotopic (exact) mass is 610 g/mol. The van der Waals surface area contributed by atoms with Gasteiger partial charge in [0.05, 0.1) is 0 Å². The van der Waals surface area contributed by atoms with Crippen LogP contribution in [0.4, 0.5) is 0 Å². The molecular formula is C22H22S2Te2. The summed E-state index contributed by atoms with van der Waals surface area (Å²) in [4.78, 5) is 0. The fourth-order valence-corrected chi connectivity index (χ4v) is 29.6. The van der Waals surface area contributed by atoms with Gasteiger partial charge < -0.3 is 0 Å². The van der Waals surface area contributed by atoms with Crippen LogP contribution in [0, 0.1) is 0 Å². The summed E-state index contributed by atoms with van der Waals surface area (Å²) < 4.78 is 0.504. The Balaban J connectivity index is 1.68. The number of hydrogen-bond donors (Lipinski definition) is 0. The van der Waals surface area contributed by atoms with E-state index in [1.807, 2.05) is 0 Å². The molecule has 0 saturated carbocycles. The van der Waals surface area contributed by atoms with Gasteiger partial charge in [-0.1, -0.05) is 0 Å². The van der Waals surface area contributed by atoms with Gasteiger partial charge >= 0.3 is 184 Å². The van der Waals surface area contributed by atoms with Crippen molar-refractivity contribution >= 4 is 57.6 Å². The van der Waals surface area contributed by atoms with E-state index in [9.17, 15) is 0 Å². The summed E-state index contributed by atoms with van der Waals surface area (Å²) in [5.74, 6) is 2.59. The van der Waals surface area contributed by atoms with Crippen molar-refractivity contribution in [3.05, 3.63) is 97.1 Å². The normalized spacial score (nSPS) is 25.5. The van der Waals surface area contributed by atoms with Gasteiger partial charge in [-0.3, -0.25) is 0 Å². The van der Waals surface area contributed by atoms with Gasteiger partial charge in [0, 0.05) is 0 Å². The molecule has 0 N–H and O–H groups in total. The predicted molar refractivity (Wildman–Crippen MR) is 121 cm³/mol. The van der Waals surface area contributed by atoms with Crippen molar-refractivity contribution < 1.29 is 0 Å². The molecular weight excluding hydrogens is 584 g/mol. The third-order valence-corrected chi connectivity index (χ3v) is 25.9. The van der Waals surface area contributed by atoms with Crippen molar-refractivity contribution in [1.29, 1.82) is 0 Å². The molecule has 0 radical (unpaired) electrons. The van der Waals surface area contributed by atoms with Crippen molar-refractivity contribution in [2.45, 2.75) is 17.4 Å². The first-order chi connectivity index (χ1) is 12.7. The number of benzene rings is 2. The van der Waals surface area contributed by atoms with Gasteiger partial charge in [0.25, 0.3) is 0 Å². The maximum atomic E-state index is 4.34. The molecule has 0 nitrogen and oxygen atoms in total. The summed E-state index contributed by atoms with van der Waals surface area (Å²) in [7, 11) is 0. The molecule has 4 atom stereocenters. The van der Waals surface area contributed by atoms with E-state index in [0.29, 0.717) is 0 Å². The predicted octanol–water partition coefficient (Wildman–Crippen LogP) is 4.70. The Morgan fingerprint density at radius 3 is 1.35 bits per heavy atom. The standard InChI is InChI=1S/C22H22S2Te2/c1-3-21(19-15-23-19,17-11-7-5-8-12-17)25-26-22(4-2,20-16-24-20)18-13-9-6-10-14-18/h3-14,19-20H,1-2,15-16H2. The van der Waals surface area contributed by atoms with E-state index >= 15 is 0 Å². The topological polar surface area (TPSA) is 0 Å². The molecule has 4 unspecified atom stereocenters. The van der Waals surface area contributed by atoms with Crippen LogP contribution in [-0.4, -0.2) is 56.1 Å². The minimum absolute atomic E-state index is 0.219. The second-order valence-corrected chi connectivity index (χ2v) is 20.2. The van der Waals surface area contributed by atoms with Gasteiger partial charge in [-0.05, 0) is 0 Å². The molecule has 2 saturated heterocycles. The van der Waals surface area contributed by atoms with Crippen LogP contribution in [0.15, 0.2) is 86.0 Å². The Bertz CT molecular complexity index is 704. The van der Waals surface area contributed by atoms with Crippen LogP contribution < -0.4 is 0 Å². The second kappa shape index (κ2) is 8.29. The van der Waals surface area contributed by atoms with Gasteiger partial charge in [0.1, 0.15) is 0 Å². The third-order valence-electron chi connectivity index (χ3n) is 5.00. The second-order valence-electron chi connectivity index (χ2n) is 6.54. The van der Waals surface area contributed by atoms with Crippen LogP contribution in [0.25, 0.3) is 0 Å². The summed E-state index contributed by atoms with van der Waals surface area (Å²) in [6.45, 7) is 8.68. The van der Waals surface area contributed by atoms with Crippen molar-refractivity contribution in [3.63, 3.8) is 0 Å². The van der Waals surface area contributed by atoms with E-state index in [0.717, 1.165) is 10.5 Å². The molecule has 0 aromatic heterocycles. The molecule has 0 spiro atoms. The molecule has 0 amide bonds. The zero-order valence-electron chi connectivity index (χ0n) is 14.5. The van der Waals surface area contributed by atoms with Crippen molar-refractivity contribution in [2.75, 3.05) is 11.5 Å². The van der Waals surface area contributed by atoms with E-state index in [-0.39, 0.29) is 41.0 Å². The Morgan fingerprint density at radius 1 is 0.731 bits per heavy atom. The van der Waals surface area contributed by atoms with Crippen LogP contribution in [-0.2, 0) is 6.93 Å². The van der Waals surface area contributed by atoms with E-state index in [1.54, 1.807) is 0 Å². The zero-order valence-corrected chi connectivity index (χ0v) is 20.8. The van der Waals surface area contributed by atoms with Crippen molar-refractivity contribution in [2.24, 2.45) is 0 Å². The minimum atomic E-state index is -0.219. The first-order valence-electron chi connectivity index (χ1n) is 8.73. The maximum absolute atomic E-state index is 4.34. The summed E-state index contributed by atoms with van der Waals surface area (Å²) in [6, 6.07) is 22.4. The molecule has 134 valence electrons. The first-order valence-corrected chi connectivity index (χ1v) is 20.5. The van der Waals surface area contributed by atoms with E-state index < -0.39 is 0 Å². The van der Waals surface area contributed by atoms with E-state index in [2.05, 4.69) is 109 Å². The molecule has 0 bridgehead atoms. The molecule has 2 aromatic rings. The van der Waals surface area contributed by atoms with Gasteiger partial charge in [-0.15, -0.1) is 0 Å². The molecule has 2 aliphatic heterocycles.